The third-order valence-corrected chi connectivity index (χ3v) is 4.02. The Morgan fingerprint density at radius 1 is 1.41 bits per heavy atom. The van der Waals surface area contributed by atoms with E-state index in [4.69, 9.17) is 0 Å². The fraction of sp³-hybridized carbons (Fsp3) is 1.00. The molecule has 0 bridgehead atoms. The summed E-state index contributed by atoms with van der Waals surface area (Å²) in [5.41, 5.74) is 0. The summed E-state index contributed by atoms with van der Waals surface area (Å²) < 4.78 is 0. The summed E-state index contributed by atoms with van der Waals surface area (Å²) in [4.78, 5) is 4.85. The first kappa shape index (κ1) is 14.9. The first-order valence-electron chi connectivity index (χ1n) is 7.00. The molecule has 0 aliphatic carbocycles. The molecule has 1 aliphatic rings. The topological polar surface area (TPSA) is 26.7 Å². The van der Waals surface area contributed by atoms with Gasteiger partial charge in [0.05, 0.1) is 0 Å². The van der Waals surface area contributed by atoms with Crippen molar-refractivity contribution in [1.29, 1.82) is 0 Å². The number of hydrogen-bond acceptors (Lipinski definition) is 3. The van der Waals surface area contributed by atoms with E-state index in [1.54, 1.807) is 0 Å². The summed E-state index contributed by atoms with van der Waals surface area (Å²) in [6.07, 6.45) is 2.70. The minimum absolute atomic E-state index is 0.312. The lowest BCUT2D eigenvalue weighted by Gasteiger charge is -2.34. The first-order valence-corrected chi connectivity index (χ1v) is 7.00. The van der Waals surface area contributed by atoms with Crippen molar-refractivity contribution < 1.29 is 5.11 Å². The molecule has 2 atom stereocenters. The highest BCUT2D eigenvalue weighted by Gasteiger charge is 2.20. The van der Waals surface area contributed by atoms with E-state index >= 15 is 0 Å². The molecule has 3 nitrogen and oxygen atoms in total. The van der Waals surface area contributed by atoms with E-state index < -0.39 is 0 Å². The van der Waals surface area contributed by atoms with Crippen LogP contribution in [0.5, 0.6) is 0 Å². The summed E-state index contributed by atoms with van der Waals surface area (Å²) in [5.74, 6) is 1.79. The summed E-state index contributed by atoms with van der Waals surface area (Å²) in [6, 6.07) is 0. The van der Waals surface area contributed by atoms with Gasteiger partial charge in [-0.1, -0.05) is 13.8 Å². The van der Waals surface area contributed by atoms with Crippen LogP contribution in [0, 0.1) is 17.8 Å². The zero-order chi connectivity index (χ0) is 12.8. The van der Waals surface area contributed by atoms with Gasteiger partial charge in [-0.2, -0.15) is 0 Å². The highest BCUT2D eigenvalue weighted by atomic mass is 16.3. The van der Waals surface area contributed by atoms with E-state index in [1.165, 1.54) is 32.5 Å². The van der Waals surface area contributed by atoms with E-state index in [0.717, 1.165) is 12.5 Å². The Kier molecular flexibility index (Phi) is 6.45. The lowest BCUT2D eigenvalue weighted by atomic mass is 9.94. The van der Waals surface area contributed by atoms with Crippen molar-refractivity contribution in [3.8, 4) is 0 Å². The standard InChI is InChI=1S/C14H30N2O/c1-12(2)14(11-17)10-16(4)9-13-6-5-7-15(3)8-13/h12-14,17H,5-11H2,1-4H3. The van der Waals surface area contributed by atoms with Gasteiger partial charge < -0.3 is 14.9 Å². The highest BCUT2D eigenvalue weighted by Crippen LogP contribution is 2.17. The third-order valence-electron chi connectivity index (χ3n) is 4.02. The normalized spacial score (nSPS) is 24.5. The largest absolute Gasteiger partial charge is 0.396 e. The Labute approximate surface area is 107 Å². The second-order valence-corrected chi connectivity index (χ2v) is 6.18. The highest BCUT2D eigenvalue weighted by molar-refractivity contribution is 4.74. The van der Waals surface area contributed by atoms with Crippen LogP contribution < -0.4 is 0 Å². The van der Waals surface area contributed by atoms with Gasteiger partial charge in [-0.3, -0.25) is 0 Å². The van der Waals surface area contributed by atoms with Crippen LogP contribution in [-0.4, -0.2) is 61.8 Å². The van der Waals surface area contributed by atoms with Crippen molar-refractivity contribution in [2.75, 3.05) is 46.9 Å². The summed E-state index contributed by atoms with van der Waals surface area (Å²) in [6.45, 7) is 9.39. The Balaban J connectivity index is 2.30. The van der Waals surface area contributed by atoms with Gasteiger partial charge in [0.15, 0.2) is 0 Å². The zero-order valence-electron chi connectivity index (χ0n) is 12.0. The molecule has 0 radical (unpaired) electrons. The van der Waals surface area contributed by atoms with Crippen molar-refractivity contribution in [3.63, 3.8) is 0 Å². The van der Waals surface area contributed by atoms with E-state index in [0.29, 0.717) is 18.4 Å². The Bertz CT molecular complexity index is 208. The molecule has 1 rings (SSSR count). The molecule has 102 valence electrons. The van der Waals surface area contributed by atoms with Crippen molar-refractivity contribution >= 4 is 0 Å². The molecule has 0 aromatic carbocycles. The lowest BCUT2D eigenvalue weighted by molar-refractivity contribution is 0.118. The maximum Gasteiger partial charge on any atom is 0.0473 e. The first-order chi connectivity index (χ1) is 8.02. The molecule has 0 spiro atoms. The molecular formula is C14H30N2O. The van der Waals surface area contributed by atoms with Gasteiger partial charge in [0.1, 0.15) is 0 Å². The molecular weight excluding hydrogens is 212 g/mol. The van der Waals surface area contributed by atoms with Crippen LogP contribution in [0.25, 0.3) is 0 Å². The molecule has 0 saturated carbocycles. The van der Waals surface area contributed by atoms with Crippen molar-refractivity contribution in [2.45, 2.75) is 26.7 Å². The molecule has 1 fully saturated rings. The van der Waals surface area contributed by atoms with Crippen LogP contribution in [0.4, 0.5) is 0 Å². The van der Waals surface area contributed by atoms with Crippen LogP contribution in [0.1, 0.15) is 26.7 Å². The van der Waals surface area contributed by atoms with Crippen LogP contribution in [0.2, 0.25) is 0 Å². The number of piperidine rings is 1. The van der Waals surface area contributed by atoms with Crippen LogP contribution in [-0.2, 0) is 0 Å². The third kappa shape index (κ3) is 5.36. The molecule has 1 saturated heterocycles. The maximum absolute atomic E-state index is 9.36. The molecule has 0 amide bonds. The SMILES string of the molecule is CC(C)C(CO)CN(C)CC1CCCN(C)C1. The van der Waals surface area contributed by atoms with Gasteiger partial charge in [-0.05, 0) is 51.2 Å². The Morgan fingerprint density at radius 2 is 2.12 bits per heavy atom. The molecule has 2 unspecified atom stereocenters. The van der Waals surface area contributed by atoms with Gasteiger partial charge in [0, 0.05) is 26.2 Å². The molecule has 1 aliphatic heterocycles. The van der Waals surface area contributed by atoms with Crippen molar-refractivity contribution in [3.05, 3.63) is 0 Å². The number of aliphatic hydroxyl groups excluding tert-OH is 1. The lowest BCUT2D eigenvalue weighted by Crippen LogP contribution is -2.40. The fourth-order valence-corrected chi connectivity index (χ4v) is 2.82. The second kappa shape index (κ2) is 7.34. The van der Waals surface area contributed by atoms with Gasteiger partial charge >= 0.3 is 0 Å². The van der Waals surface area contributed by atoms with Gasteiger partial charge in [0.25, 0.3) is 0 Å². The predicted molar refractivity (Wildman–Crippen MR) is 73.1 cm³/mol. The monoisotopic (exact) mass is 242 g/mol. The molecule has 0 aromatic rings. The minimum atomic E-state index is 0.312. The molecule has 1 heterocycles. The summed E-state index contributed by atoms with van der Waals surface area (Å²) >= 11 is 0. The fourth-order valence-electron chi connectivity index (χ4n) is 2.82. The summed E-state index contributed by atoms with van der Waals surface area (Å²) in [7, 11) is 4.41. The molecule has 1 N–H and O–H groups in total. The number of aliphatic hydroxyl groups is 1. The van der Waals surface area contributed by atoms with E-state index in [-0.39, 0.29) is 0 Å². The number of hydrogen-bond donors (Lipinski definition) is 1. The van der Waals surface area contributed by atoms with Crippen LogP contribution in [0.3, 0.4) is 0 Å². The maximum atomic E-state index is 9.36. The number of likely N-dealkylation sites (tertiary alicyclic amines) is 1. The van der Waals surface area contributed by atoms with Crippen LogP contribution in [0.15, 0.2) is 0 Å². The minimum Gasteiger partial charge on any atom is -0.396 e. The average molecular weight is 242 g/mol. The van der Waals surface area contributed by atoms with Crippen molar-refractivity contribution in [2.24, 2.45) is 17.8 Å². The van der Waals surface area contributed by atoms with Gasteiger partial charge in [0.2, 0.25) is 0 Å². The molecule has 3 heteroatoms. The smallest absolute Gasteiger partial charge is 0.0473 e. The predicted octanol–water partition coefficient (Wildman–Crippen LogP) is 1.52. The second-order valence-electron chi connectivity index (χ2n) is 6.18. The van der Waals surface area contributed by atoms with E-state index in [2.05, 4.69) is 37.7 Å². The summed E-state index contributed by atoms with van der Waals surface area (Å²) in [5, 5.41) is 9.36. The molecule has 0 aromatic heterocycles. The molecule has 17 heavy (non-hydrogen) atoms. The Hall–Kier alpha value is -0.120. The Morgan fingerprint density at radius 3 is 2.65 bits per heavy atom. The quantitative estimate of drug-likeness (QED) is 0.765. The van der Waals surface area contributed by atoms with Gasteiger partial charge in [-0.25, -0.2) is 0 Å². The van der Waals surface area contributed by atoms with E-state index in [1.807, 2.05) is 0 Å². The number of nitrogens with zero attached hydrogens (tertiary/aromatic N) is 2. The van der Waals surface area contributed by atoms with E-state index in [9.17, 15) is 5.11 Å². The van der Waals surface area contributed by atoms with Crippen LogP contribution >= 0.6 is 0 Å². The van der Waals surface area contributed by atoms with Gasteiger partial charge in [-0.15, -0.1) is 0 Å². The zero-order valence-corrected chi connectivity index (χ0v) is 12.0. The number of rotatable bonds is 6. The van der Waals surface area contributed by atoms with Crippen molar-refractivity contribution in [1.82, 2.24) is 9.80 Å². The average Bonchev–Trinajstić information content (AvgIpc) is 2.25.